The van der Waals surface area contributed by atoms with Crippen molar-refractivity contribution in [1.82, 2.24) is 20.1 Å². The van der Waals surface area contributed by atoms with Crippen molar-refractivity contribution < 1.29 is 22.7 Å². The molecule has 1 aliphatic heterocycles. The van der Waals surface area contributed by atoms with E-state index >= 15 is 0 Å². The highest BCUT2D eigenvalue weighted by Crippen LogP contribution is 2.35. The summed E-state index contributed by atoms with van der Waals surface area (Å²) in [5, 5.41) is 8.20. The Hall–Kier alpha value is -4.32. The first-order chi connectivity index (χ1) is 22.5. The van der Waals surface area contributed by atoms with Gasteiger partial charge in [-0.3, -0.25) is 0 Å². The lowest BCUT2D eigenvalue weighted by atomic mass is 9.95. The van der Waals surface area contributed by atoms with Crippen LogP contribution in [-0.2, 0) is 0 Å². The molecule has 0 spiro atoms. The van der Waals surface area contributed by atoms with E-state index in [-0.39, 0.29) is 23.7 Å². The number of amidine groups is 1. The molecule has 248 valence electrons. The number of carbonyl (C=O) groups is 1. The molecule has 2 amide bonds. The van der Waals surface area contributed by atoms with Crippen molar-refractivity contribution in [2.24, 2.45) is 4.99 Å². The summed E-state index contributed by atoms with van der Waals surface area (Å²) in [6, 6.07) is 21.7. The van der Waals surface area contributed by atoms with Crippen LogP contribution in [0, 0.1) is 0 Å². The largest absolute Gasteiger partial charge is 0.573 e. The normalized spacial score (nSPS) is 16.8. The predicted octanol–water partition coefficient (Wildman–Crippen LogP) is 8.94. The Morgan fingerprint density at radius 3 is 2.49 bits per heavy atom. The summed E-state index contributed by atoms with van der Waals surface area (Å²) in [7, 11) is 0. The lowest BCUT2D eigenvalue weighted by Gasteiger charge is -2.37. The van der Waals surface area contributed by atoms with E-state index in [0.29, 0.717) is 24.0 Å². The van der Waals surface area contributed by atoms with E-state index in [1.165, 1.54) is 40.8 Å². The molecule has 0 aliphatic carbocycles. The van der Waals surface area contributed by atoms with Crippen LogP contribution in [0.25, 0.3) is 17.1 Å². The fourth-order valence-corrected chi connectivity index (χ4v) is 6.71. The minimum atomic E-state index is -4.74. The first-order valence-corrected chi connectivity index (χ1v) is 16.7. The summed E-state index contributed by atoms with van der Waals surface area (Å²) in [5.74, 6) is 1.76. The van der Waals surface area contributed by atoms with Gasteiger partial charge in [0.15, 0.2) is 11.0 Å². The van der Waals surface area contributed by atoms with Crippen molar-refractivity contribution in [3.8, 4) is 22.8 Å². The van der Waals surface area contributed by atoms with E-state index in [9.17, 15) is 18.0 Å². The molecule has 4 aromatic rings. The van der Waals surface area contributed by atoms with E-state index in [4.69, 9.17) is 0 Å². The number of aliphatic imine (C=N–C) groups is 1. The fraction of sp³-hybridized carbons (Fsp3) is 0.371. The lowest BCUT2D eigenvalue weighted by Crippen LogP contribution is -2.42. The zero-order chi connectivity index (χ0) is 33.6. The summed E-state index contributed by atoms with van der Waals surface area (Å²) in [5.41, 5.74) is 4.90. The Morgan fingerprint density at radius 1 is 1.06 bits per heavy atom. The number of hydrogen-bond donors (Lipinski definition) is 1. The maximum Gasteiger partial charge on any atom is 0.573 e. The van der Waals surface area contributed by atoms with Gasteiger partial charge in [0, 0.05) is 29.6 Å². The minimum absolute atomic E-state index is 0.254. The number of urea groups is 1. The number of aromatic nitrogens is 3. The first-order valence-electron chi connectivity index (χ1n) is 15.7. The van der Waals surface area contributed by atoms with Crippen molar-refractivity contribution >= 4 is 28.6 Å². The predicted molar refractivity (Wildman–Crippen MR) is 182 cm³/mol. The van der Waals surface area contributed by atoms with Gasteiger partial charge in [-0.1, -0.05) is 75.0 Å². The number of halogens is 3. The van der Waals surface area contributed by atoms with Crippen LogP contribution in [0.1, 0.15) is 69.9 Å². The zero-order valence-corrected chi connectivity index (χ0v) is 27.7. The van der Waals surface area contributed by atoms with Gasteiger partial charge in [-0.25, -0.2) is 14.5 Å². The van der Waals surface area contributed by atoms with Crippen LogP contribution in [0.4, 0.5) is 23.7 Å². The Kier molecular flexibility index (Phi) is 10.9. The summed E-state index contributed by atoms with van der Waals surface area (Å²) < 4.78 is 42.7. The van der Waals surface area contributed by atoms with Crippen molar-refractivity contribution in [2.45, 2.75) is 71.2 Å². The number of alkyl halides is 3. The molecule has 1 aromatic heterocycles. The van der Waals surface area contributed by atoms with Crippen LogP contribution < -0.4 is 15.0 Å². The number of ether oxygens (including phenoxy) is 1. The molecule has 0 radical (unpaired) electrons. The molecule has 8 nitrogen and oxygen atoms in total. The fourth-order valence-electron chi connectivity index (χ4n) is 5.51. The van der Waals surface area contributed by atoms with Gasteiger partial charge < -0.3 is 15.0 Å². The Morgan fingerprint density at radius 2 is 1.79 bits per heavy atom. The quantitative estimate of drug-likeness (QED) is 0.171. The second kappa shape index (κ2) is 15.1. The molecule has 3 aromatic carbocycles. The Balaban J connectivity index is 1.12. The Labute approximate surface area is 277 Å². The molecular weight excluding hydrogens is 625 g/mol. The van der Waals surface area contributed by atoms with Crippen molar-refractivity contribution in [2.75, 3.05) is 17.2 Å². The summed E-state index contributed by atoms with van der Waals surface area (Å²) in [6.45, 7) is 9.23. The highest BCUT2D eigenvalue weighted by molar-refractivity contribution is 8.14. The van der Waals surface area contributed by atoms with Gasteiger partial charge in [0.1, 0.15) is 12.1 Å². The van der Waals surface area contributed by atoms with Crippen LogP contribution in [-0.4, -0.2) is 50.7 Å². The van der Waals surface area contributed by atoms with E-state index in [1.54, 1.807) is 11.8 Å². The van der Waals surface area contributed by atoms with Gasteiger partial charge in [-0.05, 0) is 79.5 Å². The maximum absolute atomic E-state index is 12.9. The molecule has 1 aliphatic rings. The standard InChI is InChI=1S/C35H39F3N6O2S/c1-23(2)30-9-5-6-10-31(30)44-25(4)19-21-47-34(44)41-33(45)39-20-7-8-24(3)26-11-13-27(14-12-26)32-40-22-43(42-32)28-15-17-29(18-16-28)46-35(36,37)38/h5-6,9-18,22-25H,7-8,19-21H2,1-4H3,(H,39,45)/b41-34-. The highest BCUT2D eigenvalue weighted by atomic mass is 32.2. The van der Waals surface area contributed by atoms with Crippen LogP contribution in [0.2, 0.25) is 0 Å². The molecule has 0 bridgehead atoms. The number of rotatable bonds is 10. The van der Waals surface area contributed by atoms with Gasteiger partial charge in [-0.2, -0.15) is 4.99 Å². The average molecular weight is 665 g/mol. The smallest absolute Gasteiger partial charge is 0.406 e. The molecule has 1 fully saturated rings. The number of carbonyl (C=O) groups excluding carboxylic acids is 1. The van der Waals surface area contributed by atoms with Crippen LogP contribution >= 0.6 is 11.8 Å². The van der Waals surface area contributed by atoms with E-state index in [2.05, 4.69) is 75.9 Å². The van der Waals surface area contributed by atoms with Crippen molar-refractivity contribution in [3.63, 3.8) is 0 Å². The molecule has 2 unspecified atom stereocenters. The third kappa shape index (κ3) is 8.94. The number of amides is 2. The van der Waals surface area contributed by atoms with E-state index in [1.807, 2.05) is 30.3 Å². The number of nitrogens with one attached hydrogen (secondary N) is 1. The molecule has 47 heavy (non-hydrogen) atoms. The topological polar surface area (TPSA) is 84.6 Å². The van der Waals surface area contributed by atoms with Gasteiger partial charge in [0.2, 0.25) is 0 Å². The second-order valence-corrected chi connectivity index (χ2v) is 13.0. The lowest BCUT2D eigenvalue weighted by molar-refractivity contribution is -0.274. The van der Waals surface area contributed by atoms with Crippen LogP contribution in [0.5, 0.6) is 5.75 Å². The van der Waals surface area contributed by atoms with Gasteiger partial charge in [0.05, 0.1) is 5.69 Å². The second-order valence-electron chi connectivity index (χ2n) is 11.9. The number of thioether (sulfide) groups is 1. The molecular formula is C35H39F3N6O2S. The maximum atomic E-state index is 12.9. The van der Waals surface area contributed by atoms with Gasteiger partial charge in [-0.15, -0.1) is 18.3 Å². The average Bonchev–Trinajstić information content (AvgIpc) is 3.53. The third-order valence-electron chi connectivity index (χ3n) is 8.08. The SMILES string of the molecule is CC(C)c1ccccc1N1/C(=N/C(=O)NCCCC(C)c2ccc(-c3ncn(-c4ccc(OC(F)(F)F)cc4)n3)cc2)SCCC1C. The van der Waals surface area contributed by atoms with Crippen molar-refractivity contribution in [3.05, 3.63) is 90.3 Å². The molecule has 12 heteroatoms. The van der Waals surface area contributed by atoms with Gasteiger partial charge in [0.25, 0.3) is 0 Å². The van der Waals surface area contributed by atoms with Crippen LogP contribution in [0.3, 0.4) is 0 Å². The number of hydrogen-bond acceptors (Lipinski definition) is 5. The molecule has 1 saturated heterocycles. The number of para-hydroxylation sites is 1. The molecule has 1 N–H and O–H groups in total. The number of nitrogens with zero attached hydrogens (tertiary/aromatic N) is 5. The highest BCUT2D eigenvalue weighted by Gasteiger charge is 2.31. The van der Waals surface area contributed by atoms with Crippen molar-refractivity contribution in [1.29, 1.82) is 0 Å². The molecule has 5 rings (SSSR count). The van der Waals surface area contributed by atoms with Crippen LogP contribution in [0.15, 0.2) is 84.1 Å². The number of benzene rings is 3. The third-order valence-corrected chi connectivity index (χ3v) is 9.07. The molecule has 2 atom stereocenters. The number of anilines is 1. The minimum Gasteiger partial charge on any atom is -0.406 e. The first kappa shape index (κ1) is 34.0. The molecule has 0 saturated carbocycles. The van der Waals surface area contributed by atoms with E-state index in [0.717, 1.165) is 47.0 Å². The summed E-state index contributed by atoms with van der Waals surface area (Å²) >= 11 is 1.63. The van der Waals surface area contributed by atoms with E-state index < -0.39 is 6.36 Å². The zero-order valence-electron chi connectivity index (χ0n) is 26.9. The van der Waals surface area contributed by atoms with Gasteiger partial charge >= 0.3 is 12.4 Å². The summed E-state index contributed by atoms with van der Waals surface area (Å²) in [4.78, 5) is 23.9. The molecule has 2 heterocycles. The monoisotopic (exact) mass is 664 g/mol. The Bertz CT molecular complexity index is 1670. The summed E-state index contributed by atoms with van der Waals surface area (Å²) in [6.07, 6.45) is -0.510.